The molecule has 0 aromatic carbocycles. The molecule has 1 N–H and O–H groups in total. The Morgan fingerprint density at radius 3 is 2.88 bits per heavy atom. The van der Waals surface area contributed by atoms with Gasteiger partial charge in [0.25, 0.3) is 0 Å². The summed E-state index contributed by atoms with van der Waals surface area (Å²) in [5.41, 5.74) is 0. The van der Waals surface area contributed by atoms with Crippen molar-refractivity contribution in [2.45, 2.75) is 6.92 Å². The van der Waals surface area contributed by atoms with Crippen LogP contribution in [0.25, 0.3) is 0 Å². The van der Waals surface area contributed by atoms with Crippen molar-refractivity contribution in [2.75, 3.05) is 6.54 Å². The number of allylic oxidation sites excluding steroid dienone is 2. The summed E-state index contributed by atoms with van der Waals surface area (Å²) in [6.07, 6.45) is 2.68. The monoisotopic (exact) mass is 115 g/mol. The summed E-state index contributed by atoms with van der Waals surface area (Å²) in [6.45, 7) is 5.76. The van der Waals surface area contributed by atoms with Gasteiger partial charge in [0.05, 0.1) is 0 Å². The van der Waals surface area contributed by atoms with Crippen LogP contribution in [0.4, 0.5) is 4.39 Å². The van der Waals surface area contributed by atoms with Gasteiger partial charge in [0.15, 0.2) is 5.95 Å². The lowest BCUT2D eigenvalue weighted by Crippen LogP contribution is -2.07. The van der Waals surface area contributed by atoms with Crippen LogP contribution in [0.5, 0.6) is 0 Å². The van der Waals surface area contributed by atoms with Crippen LogP contribution >= 0.6 is 0 Å². The smallest absolute Gasteiger partial charge is 0.187 e. The van der Waals surface area contributed by atoms with Crippen LogP contribution in [0, 0.1) is 0 Å². The number of rotatable bonds is 3. The van der Waals surface area contributed by atoms with E-state index < -0.39 is 0 Å². The first-order chi connectivity index (χ1) is 3.81. The van der Waals surface area contributed by atoms with E-state index in [1.807, 2.05) is 6.92 Å². The van der Waals surface area contributed by atoms with Crippen molar-refractivity contribution in [3.05, 3.63) is 24.7 Å². The Morgan fingerprint density at radius 1 is 1.88 bits per heavy atom. The van der Waals surface area contributed by atoms with Crippen molar-refractivity contribution in [2.24, 2.45) is 0 Å². The van der Waals surface area contributed by atoms with Crippen molar-refractivity contribution < 1.29 is 4.39 Å². The predicted molar refractivity (Wildman–Crippen MR) is 33.1 cm³/mol. The van der Waals surface area contributed by atoms with Gasteiger partial charge in [-0.3, -0.25) is 0 Å². The third kappa shape index (κ3) is 3.40. The Bertz CT molecular complexity index is 96.7. The highest BCUT2D eigenvalue weighted by Crippen LogP contribution is 1.87. The molecular formula is C6H10FN. The molecule has 0 heterocycles. The number of hydrogen-bond acceptors (Lipinski definition) is 1. The Labute approximate surface area is 48.9 Å². The molecule has 0 spiro atoms. The maximum Gasteiger partial charge on any atom is 0.187 e. The van der Waals surface area contributed by atoms with Gasteiger partial charge < -0.3 is 5.32 Å². The Hall–Kier alpha value is -0.790. The molecule has 0 aliphatic carbocycles. The summed E-state index contributed by atoms with van der Waals surface area (Å²) in [4.78, 5) is 0. The van der Waals surface area contributed by atoms with E-state index in [2.05, 4.69) is 11.9 Å². The van der Waals surface area contributed by atoms with E-state index in [1.54, 1.807) is 0 Å². The second kappa shape index (κ2) is 4.37. The second-order valence-electron chi connectivity index (χ2n) is 1.28. The van der Waals surface area contributed by atoms with Crippen molar-refractivity contribution in [3.63, 3.8) is 0 Å². The molecule has 0 radical (unpaired) electrons. The van der Waals surface area contributed by atoms with Crippen LogP contribution in [-0.4, -0.2) is 6.54 Å². The van der Waals surface area contributed by atoms with Crippen LogP contribution in [0.1, 0.15) is 6.92 Å². The highest BCUT2D eigenvalue weighted by Gasteiger charge is 1.82. The van der Waals surface area contributed by atoms with Gasteiger partial charge in [0, 0.05) is 6.54 Å². The van der Waals surface area contributed by atoms with Crippen molar-refractivity contribution in [3.8, 4) is 0 Å². The van der Waals surface area contributed by atoms with Gasteiger partial charge in [-0.2, -0.15) is 4.39 Å². The molecule has 8 heavy (non-hydrogen) atoms. The molecule has 0 fully saturated rings. The summed E-state index contributed by atoms with van der Waals surface area (Å²) in [6, 6.07) is 0. The van der Waals surface area contributed by atoms with Gasteiger partial charge in [0.2, 0.25) is 0 Å². The average molecular weight is 115 g/mol. The summed E-state index contributed by atoms with van der Waals surface area (Å²) < 4.78 is 12.1. The van der Waals surface area contributed by atoms with E-state index in [9.17, 15) is 4.39 Å². The summed E-state index contributed by atoms with van der Waals surface area (Å²) in [5.74, 6) is -0.331. The van der Waals surface area contributed by atoms with Gasteiger partial charge in [0.1, 0.15) is 0 Å². The lowest BCUT2D eigenvalue weighted by Gasteiger charge is -1.93. The molecule has 2 heteroatoms. The molecule has 0 unspecified atom stereocenters. The predicted octanol–water partition coefficient (Wildman–Crippen LogP) is 1.59. The molecule has 0 rings (SSSR count). The van der Waals surface area contributed by atoms with Crippen molar-refractivity contribution >= 4 is 0 Å². The van der Waals surface area contributed by atoms with Gasteiger partial charge in [-0.1, -0.05) is 12.7 Å². The lowest BCUT2D eigenvalue weighted by atomic mass is 10.6. The van der Waals surface area contributed by atoms with E-state index in [0.29, 0.717) is 6.54 Å². The van der Waals surface area contributed by atoms with Crippen molar-refractivity contribution in [1.82, 2.24) is 5.32 Å². The quantitative estimate of drug-likeness (QED) is 0.435. The molecule has 0 atom stereocenters. The number of halogens is 1. The molecule has 0 aliphatic rings. The normalized spacial score (nSPS) is 11.0. The first-order valence-electron chi connectivity index (χ1n) is 2.53. The van der Waals surface area contributed by atoms with Crippen LogP contribution in [-0.2, 0) is 0 Å². The largest absolute Gasteiger partial charge is 0.362 e. The minimum atomic E-state index is -0.331. The van der Waals surface area contributed by atoms with Crippen LogP contribution in [0.2, 0.25) is 0 Å². The third-order valence-corrected chi connectivity index (χ3v) is 0.610. The molecule has 0 aromatic rings. The fourth-order valence-corrected chi connectivity index (χ4v) is 0.331. The minimum Gasteiger partial charge on any atom is -0.362 e. The van der Waals surface area contributed by atoms with Gasteiger partial charge in [-0.25, -0.2) is 0 Å². The van der Waals surface area contributed by atoms with E-state index in [-0.39, 0.29) is 5.95 Å². The fraction of sp³-hybridized carbons (Fsp3) is 0.333. The van der Waals surface area contributed by atoms with E-state index in [0.717, 1.165) is 0 Å². The first kappa shape index (κ1) is 7.21. The van der Waals surface area contributed by atoms with Gasteiger partial charge >= 0.3 is 0 Å². The van der Waals surface area contributed by atoms with Crippen LogP contribution in [0.15, 0.2) is 24.7 Å². The van der Waals surface area contributed by atoms with Crippen molar-refractivity contribution in [1.29, 1.82) is 0 Å². The summed E-state index contributed by atoms with van der Waals surface area (Å²) in [5, 5.41) is 2.47. The molecule has 0 aliphatic heterocycles. The Kier molecular flexibility index (Phi) is 3.94. The maximum absolute atomic E-state index is 12.1. The Morgan fingerprint density at radius 2 is 2.50 bits per heavy atom. The molecular weight excluding hydrogens is 105 g/mol. The SMILES string of the molecule is C=C/C=C(/F)NCC. The minimum absolute atomic E-state index is 0.331. The fourth-order valence-electron chi connectivity index (χ4n) is 0.331. The molecule has 1 nitrogen and oxygen atoms in total. The third-order valence-electron chi connectivity index (χ3n) is 0.610. The molecule has 0 amide bonds. The van der Waals surface area contributed by atoms with E-state index in [1.165, 1.54) is 12.2 Å². The topological polar surface area (TPSA) is 12.0 Å². The molecule has 0 saturated carbocycles. The highest BCUT2D eigenvalue weighted by molar-refractivity contribution is 5.01. The first-order valence-corrected chi connectivity index (χ1v) is 2.53. The van der Waals surface area contributed by atoms with Crippen LogP contribution in [0.3, 0.4) is 0 Å². The maximum atomic E-state index is 12.1. The van der Waals surface area contributed by atoms with Gasteiger partial charge in [-0.05, 0) is 13.0 Å². The number of hydrogen-bond donors (Lipinski definition) is 1. The molecule has 0 saturated heterocycles. The molecule has 46 valence electrons. The Balaban J connectivity index is 3.44. The zero-order valence-electron chi connectivity index (χ0n) is 4.95. The average Bonchev–Trinajstić information content (AvgIpc) is 1.68. The molecule has 0 aromatic heterocycles. The number of nitrogens with one attached hydrogen (secondary N) is 1. The summed E-state index contributed by atoms with van der Waals surface area (Å²) in [7, 11) is 0. The van der Waals surface area contributed by atoms with E-state index in [4.69, 9.17) is 0 Å². The zero-order chi connectivity index (χ0) is 6.41. The lowest BCUT2D eigenvalue weighted by molar-refractivity contribution is 0.553. The van der Waals surface area contributed by atoms with E-state index >= 15 is 0 Å². The second-order valence-corrected chi connectivity index (χ2v) is 1.28. The highest BCUT2D eigenvalue weighted by atomic mass is 19.1. The standard InChI is InChI=1S/C6H10FN/c1-3-5-6(7)8-4-2/h3,5,8H,1,4H2,2H3/b6-5-. The molecule has 0 bridgehead atoms. The summed E-state index contributed by atoms with van der Waals surface area (Å²) >= 11 is 0. The van der Waals surface area contributed by atoms with Gasteiger partial charge in [-0.15, -0.1) is 0 Å². The zero-order valence-corrected chi connectivity index (χ0v) is 4.95. The van der Waals surface area contributed by atoms with Crippen LogP contribution < -0.4 is 5.32 Å².